The third-order valence-electron chi connectivity index (χ3n) is 20.1. The smallest absolute Gasteiger partial charge is 0.240 e. The summed E-state index contributed by atoms with van der Waals surface area (Å²) in [5, 5.41) is 16.6. The molecule has 9 heteroatoms. The first-order valence-electron chi connectivity index (χ1n) is 32.8. The Morgan fingerprint density at radius 3 is 0.865 bits per heavy atom. The molecule has 448 valence electrons. The van der Waals surface area contributed by atoms with Crippen molar-refractivity contribution >= 4 is 138 Å². The summed E-state index contributed by atoms with van der Waals surface area (Å²) < 4.78 is 11.8. The maximum Gasteiger partial charge on any atom is 0.240 e. The fourth-order valence-electron chi connectivity index (χ4n) is 16.0. The third kappa shape index (κ3) is 7.92. The van der Waals surface area contributed by atoms with Gasteiger partial charge in [0.1, 0.15) is 0 Å². The van der Waals surface area contributed by atoms with E-state index in [9.17, 15) is 0 Å². The molecule has 0 spiro atoms. The highest BCUT2D eigenvalue weighted by Crippen LogP contribution is 2.42. The Balaban J connectivity index is 0.889. The Labute approximate surface area is 552 Å². The molecule has 0 N–H and O–H groups in total. The van der Waals surface area contributed by atoms with Gasteiger partial charge in [0.25, 0.3) is 0 Å². The van der Waals surface area contributed by atoms with Gasteiger partial charge in [0.05, 0.1) is 55.2 Å². The van der Waals surface area contributed by atoms with Crippen molar-refractivity contribution in [2.45, 2.75) is 0 Å². The van der Waals surface area contributed by atoms with E-state index >= 15 is 0 Å². The second-order valence-corrected chi connectivity index (χ2v) is 28.9. The third-order valence-corrected chi connectivity index (χ3v) is 24.9. The Kier molecular flexibility index (Phi) is 11.9. The number of hydrogen-bond donors (Lipinski definition) is 0. The average Bonchev–Trinajstić information content (AvgIpc) is 1.35. The normalized spacial score (nSPS) is 12.2. The molecule has 0 aliphatic rings. The molecule has 0 aliphatic heterocycles. The average molecular weight is 1240 g/mol. The number of para-hydroxylation sites is 7. The van der Waals surface area contributed by atoms with Crippen LogP contribution >= 0.6 is 0 Å². The van der Waals surface area contributed by atoms with Crippen LogP contribution in [0.25, 0.3) is 149 Å². The second-order valence-electron chi connectivity index (χ2n) is 25.1. The van der Waals surface area contributed by atoms with E-state index in [4.69, 9.17) is 15.0 Å². The van der Waals surface area contributed by atoms with Gasteiger partial charge in [-0.15, -0.1) is 0 Å². The first-order chi connectivity index (χ1) is 47.6. The van der Waals surface area contributed by atoms with Crippen LogP contribution in [-0.2, 0) is 0 Å². The maximum atomic E-state index is 5.85. The van der Waals surface area contributed by atoms with Gasteiger partial charge in [-0.05, 0) is 112 Å². The maximum absolute atomic E-state index is 5.85. The molecule has 96 heavy (non-hydrogen) atoms. The summed E-state index contributed by atoms with van der Waals surface area (Å²) in [5.74, 6) is 1.55. The molecule has 6 aromatic heterocycles. The van der Waals surface area contributed by atoms with Gasteiger partial charge in [-0.2, -0.15) is 15.0 Å². The predicted molar refractivity (Wildman–Crippen MR) is 401 cm³/mol. The van der Waals surface area contributed by atoms with Crippen molar-refractivity contribution in [1.29, 1.82) is 0 Å². The van der Waals surface area contributed by atoms with Crippen LogP contribution in [0.3, 0.4) is 0 Å². The van der Waals surface area contributed by atoms with E-state index in [0.717, 1.165) is 99.3 Å². The van der Waals surface area contributed by atoms with E-state index in [2.05, 4.69) is 363 Å². The monoisotopic (exact) mass is 1240 g/mol. The van der Waals surface area contributed by atoms with Gasteiger partial charge in [-0.3, -0.25) is 9.13 Å². The highest BCUT2D eigenvalue weighted by molar-refractivity contribution is 7.20. The molecule has 6 heterocycles. The molecule has 20 aromatic rings. The number of rotatable bonds is 10. The molecule has 0 radical (unpaired) electrons. The second kappa shape index (κ2) is 21.2. The predicted octanol–water partition coefficient (Wildman–Crippen LogP) is 18.4. The highest BCUT2D eigenvalue weighted by Gasteiger charge is 2.41. The van der Waals surface area contributed by atoms with E-state index in [-0.39, 0.29) is 0 Å². The highest BCUT2D eigenvalue weighted by atomic mass is 28.3. The van der Waals surface area contributed by atoms with Gasteiger partial charge >= 0.3 is 0 Å². The van der Waals surface area contributed by atoms with Crippen LogP contribution < -0.4 is 20.7 Å². The largest absolute Gasteiger partial charge is 0.309 e. The SMILES string of the molecule is c1ccc([Si](c2ccccc2)(c2ccccc2)c2cccc(-c3nc(-n4c5ccc(-n6c7ccccc7c7ccccc76)cc5c5cc(-n6c7ccccc7c7ccccc76)ccc54)nc(-n4c5ccccc5c5ccc(-n6c7ccccc7c7ccccc76)cc54)n3)c2)cc1. The first-order valence-corrected chi connectivity index (χ1v) is 34.8. The van der Waals surface area contributed by atoms with Gasteiger partial charge in [0.2, 0.25) is 11.9 Å². The van der Waals surface area contributed by atoms with Crippen LogP contribution in [0.5, 0.6) is 0 Å². The molecule has 0 amide bonds. The summed E-state index contributed by atoms with van der Waals surface area (Å²) >= 11 is 0. The number of benzene rings is 14. The lowest BCUT2D eigenvalue weighted by atomic mass is 10.1. The van der Waals surface area contributed by atoms with E-state index in [1.807, 2.05) is 0 Å². The molecule has 8 nitrogen and oxygen atoms in total. The molecule has 0 bridgehead atoms. The first kappa shape index (κ1) is 53.9. The number of hydrogen-bond acceptors (Lipinski definition) is 3. The number of fused-ring (bicyclic) bond motifs is 15. The summed E-state index contributed by atoms with van der Waals surface area (Å²) in [5.41, 5.74) is 14.8. The summed E-state index contributed by atoms with van der Waals surface area (Å²) in [7, 11) is -3.03. The molecular formula is C87H56N8Si. The lowest BCUT2D eigenvalue weighted by Gasteiger charge is -2.34. The molecular weight excluding hydrogens is 1190 g/mol. The zero-order valence-corrected chi connectivity index (χ0v) is 52.9. The van der Waals surface area contributed by atoms with Crippen LogP contribution in [-0.4, -0.2) is 45.9 Å². The standard InChI is InChI=1S/C87H56N8Si/c1-4-26-61(27-5-1)96(62-28-6-2-7-29-62,63-30-8-3-9-31-63)64-32-24-25-57(53-64)85-88-86(90-87(89-85)95-81-46-23-16-39-71(81)72-50-47-60(56-84(72)95)93-79-44-21-14-37-69(79)70-38-15-22-45-80(70)93)94-82-51-48-58(91-75-40-17-10-33-65(75)66-34-11-18-41-76(66)91)54-73(82)74-55-59(49-52-83(74)94)92-77-42-19-12-35-67(77)68-36-13-20-43-78(68)92/h1-56H. The van der Waals surface area contributed by atoms with E-state index < -0.39 is 8.07 Å². The van der Waals surface area contributed by atoms with Crippen LogP contribution in [0.15, 0.2) is 340 Å². The van der Waals surface area contributed by atoms with Gasteiger partial charge < -0.3 is 13.7 Å². The summed E-state index contributed by atoms with van der Waals surface area (Å²) in [6, 6.07) is 124. The van der Waals surface area contributed by atoms with Crippen LogP contribution in [0.2, 0.25) is 0 Å². The number of aromatic nitrogens is 8. The van der Waals surface area contributed by atoms with Crippen molar-refractivity contribution in [3.8, 4) is 40.3 Å². The van der Waals surface area contributed by atoms with E-state index in [0.29, 0.717) is 17.7 Å². The number of nitrogens with zero attached hydrogens (tertiary/aromatic N) is 8. The summed E-state index contributed by atoms with van der Waals surface area (Å²) in [6.45, 7) is 0. The lowest BCUT2D eigenvalue weighted by Crippen LogP contribution is -2.74. The van der Waals surface area contributed by atoms with Crippen LogP contribution in [0, 0.1) is 0 Å². The van der Waals surface area contributed by atoms with Gasteiger partial charge in [0.15, 0.2) is 13.9 Å². The Bertz CT molecular complexity index is 6100. The molecule has 0 aliphatic carbocycles. The molecule has 20 rings (SSSR count). The fourth-order valence-corrected chi connectivity index (χ4v) is 20.8. The van der Waals surface area contributed by atoms with E-state index in [1.54, 1.807) is 0 Å². The topological polar surface area (TPSA) is 63.3 Å². The van der Waals surface area contributed by atoms with Gasteiger partial charge in [0, 0.05) is 76.5 Å². The van der Waals surface area contributed by atoms with Crippen molar-refractivity contribution in [1.82, 2.24) is 37.8 Å². The van der Waals surface area contributed by atoms with Crippen molar-refractivity contribution in [2.75, 3.05) is 0 Å². The van der Waals surface area contributed by atoms with E-state index in [1.165, 1.54) is 53.1 Å². The fraction of sp³-hybridized carbons (Fsp3) is 0. The minimum atomic E-state index is -3.03. The van der Waals surface area contributed by atoms with Gasteiger partial charge in [-0.25, -0.2) is 0 Å². The Morgan fingerprint density at radius 1 is 0.188 bits per heavy atom. The quantitative estimate of drug-likeness (QED) is 0.101. The zero-order chi connectivity index (χ0) is 63.0. The van der Waals surface area contributed by atoms with Crippen molar-refractivity contribution in [3.63, 3.8) is 0 Å². The summed E-state index contributed by atoms with van der Waals surface area (Å²) in [4.78, 5) is 17.5. The van der Waals surface area contributed by atoms with Gasteiger partial charge in [-0.1, -0.05) is 249 Å². The van der Waals surface area contributed by atoms with Crippen LogP contribution in [0.1, 0.15) is 0 Å². The van der Waals surface area contributed by atoms with Crippen molar-refractivity contribution in [3.05, 3.63) is 340 Å². The molecule has 0 saturated carbocycles. The minimum Gasteiger partial charge on any atom is -0.309 e. The molecule has 14 aromatic carbocycles. The summed E-state index contributed by atoms with van der Waals surface area (Å²) in [6.07, 6.45) is 0. The zero-order valence-electron chi connectivity index (χ0n) is 51.9. The molecule has 0 atom stereocenters. The van der Waals surface area contributed by atoms with Crippen molar-refractivity contribution in [2.24, 2.45) is 0 Å². The molecule has 0 saturated heterocycles. The Hall–Kier alpha value is -12.7. The lowest BCUT2D eigenvalue weighted by molar-refractivity contribution is 0.892. The minimum absolute atomic E-state index is 0.497. The Morgan fingerprint density at radius 2 is 0.479 bits per heavy atom. The molecule has 0 fully saturated rings. The molecule has 0 unspecified atom stereocenters. The van der Waals surface area contributed by atoms with Crippen LogP contribution in [0.4, 0.5) is 0 Å². The van der Waals surface area contributed by atoms with Crippen molar-refractivity contribution < 1.29 is 0 Å².